The maximum absolute atomic E-state index is 13.3. The highest BCUT2D eigenvalue weighted by molar-refractivity contribution is 6.15. The van der Waals surface area contributed by atoms with Gasteiger partial charge in [0.1, 0.15) is 0 Å². The summed E-state index contributed by atoms with van der Waals surface area (Å²) in [6.07, 6.45) is 5.26. The number of carbonyl (C=O) groups is 1. The minimum absolute atomic E-state index is 0.125. The molecule has 1 fully saturated rings. The van der Waals surface area contributed by atoms with Crippen LogP contribution in [0.3, 0.4) is 0 Å². The van der Waals surface area contributed by atoms with Gasteiger partial charge in [-0.1, -0.05) is 38.8 Å². The van der Waals surface area contributed by atoms with E-state index in [1.807, 2.05) is 30.9 Å². The molecule has 2 aromatic rings. The molecule has 1 saturated heterocycles. The molecule has 2 aliphatic rings. The summed E-state index contributed by atoms with van der Waals surface area (Å²) >= 11 is 0. The molecule has 2 aromatic carbocycles. The summed E-state index contributed by atoms with van der Waals surface area (Å²) in [5.74, 6) is 2.02. The Morgan fingerprint density at radius 2 is 1.61 bits per heavy atom. The maximum atomic E-state index is 13.3. The summed E-state index contributed by atoms with van der Waals surface area (Å²) in [5, 5.41) is 0. The number of likely N-dealkylation sites (N-methyl/N-ethyl adjacent to an activating group) is 1. The molecule has 38 heavy (non-hydrogen) atoms. The van der Waals surface area contributed by atoms with Crippen molar-refractivity contribution in [1.82, 2.24) is 9.80 Å². The predicted molar refractivity (Wildman–Crippen MR) is 155 cm³/mol. The summed E-state index contributed by atoms with van der Waals surface area (Å²) in [6.45, 7) is 13.2. The molecule has 6 nitrogen and oxygen atoms in total. The Balaban J connectivity index is 1.69. The Labute approximate surface area is 229 Å². The van der Waals surface area contributed by atoms with Crippen molar-refractivity contribution in [2.75, 3.05) is 46.4 Å². The zero-order chi connectivity index (χ0) is 27.1. The van der Waals surface area contributed by atoms with E-state index in [9.17, 15) is 4.79 Å². The molecule has 0 aliphatic carbocycles. The largest absolute Gasteiger partial charge is 0.490 e. The Kier molecular flexibility index (Phi) is 9.84. The van der Waals surface area contributed by atoms with Gasteiger partial charge < -0.3 is 19.3 Å². The Bertz CT molecular complexity index is 1100. The van der Waals surface area contributed by atoms with Crippen LogP contribution < -0.4 is 9.47 Å². The van der Waals surface area contributed by atoms with Crippen molar-refractivity contribution < 1.29 is 14.3 Å². The number of aliphatic imine (C=N–C) groups is 1. The van der Waals surface area contributed by atoms with Gasteiger partial charge >= 0.3 is 0 Å². The van der Waals surface area contributed by atoms with Crippen LogP contribution in [0.4, 0.5) is 0 Å². The normalized spacial score (nSPS) is 18.8. The standard InChI is InChI=1S/C32H45N3O3/c1-6-10-17-35(18-11-7-2)32(36)24-14-12-23(13-15-24)31-26-21-30(38-9-4)29(37-8-3)20-25(26)27-22-34(5)19-16-28(27)33-31/h12-15,20-21,27-28H,6-11,16-19,22H2,1-5H3. The first-order chi connectivity index (χ1) is 18.5. The molecular formula is C32H45N3O3. The topological polar surface area (TPSA) is 54.4 Å². The summed E-state index contributed by atoms with van der Waals surface area (Å²) < 4.78 is 12.0. The van der Waals surface area contributed by atoms with Gasteiger partial charge in [-0.05, 0) is 76.5 Å². The van der Waals surface area contributed by atoms with Gasteiger partial charge in [0, 0.05) is 42.2 Å². The third-order valence-electron chi connectivity index (χ3n) is 7.70. The zero-order valence-corrected chi connectivity index (χ0v) is 24.0. The van der Waals surface area contributed by atoms with E-state index in [1.54, 1.807) is 0 Å². The highest BCUT2D eigenvalue weighted by Gasteiger charge is 2.36. The monoisotopic (exact) mass is 519 g/mol. The van der Waals surface area contributed by atoms with E-state index >= 15 is 0 Å². The van der Waals surface area contributed by atoms with Crippen LogP contribution in [-0.4, -0.2) is 73.9 Å². The number of hydrogen-bond donors (Lipinski definition) is 0. The van der Waals surface area contributed by atoms with Crippen molar-refractivity contribution in [2.24, 2.45) is 4.99 Å². The number of amides is 1. The second kappa shape index (κ2) is 13.3. The average Bonchev–Trinajstić information content (AvgIpc) is 2.93. The maximum Gasteiger partial charge on any atom is 0.253 e. The highest BCUT2D eigenvalue weighted by Crippen LogP contribution is 2.42. The second-order valence-electron chi connectivity index (χ2n) is 10.5. The van der Waals surface area contributed by atoms with Crippen molar-refractivity contribution in [3.8, 4) is 11.5 Å². The third kappa shape index (κ3) is 6.23. The number of likely N-dealkylation sites (tertiary alicyclic amines) is 1. The molecule has 0 N–H and O–H groups in total. The molecule has 0 saturated carbocycles. The van der Waals surface area contributed by atoms with Gasteiger partial charge in [-0.3, -0.25) is 9.79 Å². The second-order valence-corrected chi connectivity index (χ2v) is 10.5. The lowest BCUT2D eigenvalue weighted by Crippen LogP contribution is -2.41. The summed E-state index contributed by atoms with van der Waals surface area (Å²) in [5.41, 5.74) is 5.17. The number of unbranched alkanes of at least 4 members (excludes halogenated alkanes) is 2. The van der Waals surface area contributed by atoms with Crippen molar-refractivity contribution >= 4 is 11.6 Å². The van der Waals surface area contributed by atoms with Crippen LogP contribution in [-0.2, 0) is 0 Å². The van der Waals surface area contributed by atoms with Crippen LogP contribution in [0.15, 0.2) is 41.4 Å². The first kappa shape index (κ1) is 28.2. The Hall–Kier alpha value is -2.86. The van der Waals surface area contributed by atoms with E-state index in [4.69, 9.17) is 14.5 Å². The smallest absolute Gasteiger partial charge is 0.253 e. The fraction of sp³-hybridized carbons (Fsp3) is 0.562. The number of carbonyl (C=O) groups excluding carboxylic acids is 1. The van der Waals surface area contributed by atoms with E-state index in [0.29, 0.717) is 19.1 Å². The van der Waals surface area contributed by atoms with Crippen molar-refractivity contribution in [3.63, 3.8) is 0 Å². The van der Waals surface area contributed by atoms with Crippen LogP contribution in [0.2, 0.25) is 0 Å². The van der Waals surface area contributed by atoms with Gasteiger partial charge in [-0.25, -0.2) is 0 Å². The van der Waals surface area contributed by atoms with Crippen molar-refractivity contribution in [1.29, 1.82) is 0 Å². The first-order valence-corrected chi connectivity index (χ1v) is 14.6. The molecule has 4 rings (SSSR count). The molecule has 0 aromatic heterocycles. The molecule has 206 valence electrons. The molecule has 1 amide bonds. The van der Waals surface area contributed by atoms with Gasteiger partial charge in [0.05, 0.1) is 25.0 Å². The van der Waals surface area contributed by atoms with Gasteiger partial charge in [0.25, 0.3) is 5.91 Å². The lowest BCUT2D eigenvalue weighted by Gasteiger charge is -2.39. The molecule has 2 aliphatic heterocycles. The van der Waals surface area contributed by atoms with Gasteiger partial charge in [-0.15, -0.1) is 0 Å². The molecule has 2 atom stereocenters. The summed E-state index contributed by atoms with van der Waals surface area (Å²) in [6, 6.07) is 12.6. The number of nitrogens with zero attached hydrogens (tertiary/aromatic N) is 3. The Morgan fingerprint density at radius 3 is 2.21 bits per heavy atom. The van der Waals surface area contributed by atoms with E-state index in [1.165, 1.54) is 5.56 Å². The summed E-state index contributed by atoms with van der Waals surface area (Å²) in [7, 11) is 2.19. The molecule has 2 unspecified atom stereocenters. The third-order valence-corrected chi connectivity index (χ3v) is 7.70. The van der Waals surface area contributed by atoms with Crippen LogP contribution in [0.5, 0.6) is 11.5 Å². The Morgan fingerprint density at radius 1 is 0.974 bits per heavy atom. The zero-order valence-electron chi connectivity index (χ0n) is 24.0. The van der Waals surface area contributed by atoms with Crippen LogP contribution in [0, 0.1) is 0 Å². The van der Waals surface area contributed by atoms with Crippen LogP contribution in [0.1, 0.15) is 92.8 Å². The minimum Gasteiger partial charge on any atom is -0.490 e. The van der Waals surface area contributed by atoms with E-state index < -0.39 is 0 Å². The molecule has 0 spiro atoms. The predicted octanol–water partition coefficient (Wildman–Crippen LogP) is 6.17. The number of rotatable bonds is 12. The molecule has 0 bridgehead atoms. The van der Waals surface area contributed by atoms with Gasteiger partial charge in [-0.2, -0.15) is 0 Å². The molecule has 2 heterocycles. The summed E-state index contributed by atoms with van der Waals surface area (Å²) in [4.78, 5) is 23.1. The minimum atomic E-state index is 0.125. The number of ether oxygens (including phenoxy) is 2. The van der Waals surface area contributed by atoms with E-state index in [2.05, 4.69) is 50.1 Å². The van der Waals surface area contributed by atoms with Crippen molar-refractivity contribution in [3.05, 3.63) is 58.7 Å². The number of piperidine rings is 1. The van der Waals surface area contributed by atoms with Gasteiger partial charge in [0.2, 0.25) is 0 Å². The number of benzene rings is 2. The first-order valence-electron chi connectivity index (χ1n) is 14.6. The molecular weight excluding hydrogens is 474 g/mol. The lowest BCUT2D eigenvalue weighted by molar-refractivity contribution is 0.0751. The number of hydrogen-bond acceptors (Lipinski definition) is 5. The SMILES string of the molecule is CCCCN(CCCC)C(=O)c1ccc(C2=NC3CCN(C)CC3c3cc(OCC)c(OCC)cc32)cc1. The molecule has 6 heteroatoms. The fourth-order valence-corrected chi connectivity index (χ4v) is 5.62. The van der Waals surface area contributed by atoms with Gasteiger partial charge in [0.15, 0.2) is 11.5 Å². The van der Waals surface area contributed by atoms with Crippen molar-refractivity contribution in [2.45, 2.75) is 71.8 Å². The lowest BCUT2D eigenvalue weighted by atomic mass is 9.79. The van der Waals surface area contributed by atoms with E-state index in [0.717, 1.165) is 92.2 Å². The molecule has 0 radical (unpaired) electrons. The fourth-order valence-electron chi connectivity index (χ4n) is 5.62. The highest BCUT2D eigenvalue weighted by atomic mass is 16.5. The quantitative estimate of drug-likeness (QED) is 0.337. The number of fused-ring (bicyclic) bond motifs is 3. The van der Waals surface area contributed by atoms with Crippen LogP contribution >= 0.6 is 0 Å². The average molecular weight is 520 g/mol. The van der Waals surface area contributed by atoms with E-state index in [-0.39, 0.29) is 11.9 Å². The van der Waals surface area contributed by atoms with Crippen LogP contribution in [0.25, 0.3) is 0 Å².